The Balaban J connectivity index is 1.50. The van der Waals surface area contributed by atoms with Crippen molar-refractivity contribution in [2.24, 2.45) is 0 Å². The monoisotopic (exact) mass is 474 g/mol. The lowest BCUT2D eigenvalue weighted by Crippen LogP contribution is -2.14. The fourth-order valence-corrected chi connectivity index (χ4v) is 6.59. The molecular weight excluding hydrogens is 448 g/mol. The van der Waals surface area contributed by atoms with Crippen LogP contribution >= 0.6 is 0 Å². The fraction of sp³-hybridized carbons (Fsp3) is 0.0857. The highest BCUT2D eigenvalue weighted by atomic mass is 15.0. The number of para-hydroxylation sites is 1. The first-order valence-corrected chi connectivity index (χ1v) is 13.0. The lowest BCUT2D eigenvalue weighted by Gasteiger charge is -2.21. The van der Waals surface area contributed by atoms with Crippen molar-refractivity contribution < 1.29 is 0 Å². The van der Waals surface area contributed by atoms with Gasteiger partial charge in [0.1, 0.15) is 0 Å². The van der Waals surface area contributed by atoms with Gasteiger partial charge in [-0.3, -0.25) is 0 Å². The minimum Gasteiger partial charge on any atom is -0.354 e. The van der Waals surface area contributed by atoms with Gasteiger partial charge in [-0.05, 0) is 58.7 Å². The summed E-state index contributed by atoms with van der Waals surface area (Å²) in [6.45, 7) is 4.75. The zero-order chi connectivity index (χ0) is 24.7. The van der Waals surface area contributed by atoms with Crippen LogP contribution in [0.1, 0.15) is 25.0 Å². The van der Waals surface area contributed by atoms with Gasteiger partial charge in [-0.1, -0.05) is 92.7 Å². The summed E-state index contributed by atoms with van der Waals surface area (Å²) in [4.78, 5) is 3.72. The first kappa shape index (κ1) is 20.6. The SMILES string of the molecule is CC1(C)c2ccccc2-c2c1c1cc3c(cc1n2-c1ccccc1)[nH]c1ccc(-c2ccccc2)cc13. The molecule has 1 N–H and O–H groups in total. The van der Waals surface area contributed by atoms with Crippen LogP contribution in [0.5, 0.6) is 0 Å². The smallest absolute Gasteiger partial charge is 0.0585 e. The van der Waals surface area contributed by atoms with E-state index in [1.165, 1.54) is 71.9 Å². The number of rotatable bonds is 2. The van der Waals surface area contributed by atoms with E-state index in [1.807, 2.05) is 0 Å². The normalized spacial score (nSPS) is 13.9. The average Bonchev–Trinajstić information content (AvgIpc) is 3.54. The molecule has 0 saturated carbocycles. The van der Waals surface area contributed by atoms with E-state index in [0.717, 1.165) is 0 Å². The summed E-state index contributed by atoms with van der Waals surface area (Å²) in [5, 5.41) is 3.88. The number of fused-ring (bicyclic) bond motifs is 8. The van der Waals surface area contributed by atoms with Crippen LogP contribution in [0.2, 0.25) is 0 Å². The van der Waals surface area contributed by atoms with Gasteiger partial charge in [0.15, 0.2) is 0 Å². The largest absolute Gasteiger partial charge is 0.354 e. The molecule has 0 atom stereocenters. The van der Waals surface area contributed by atoms with E-state index in [9.17, 15) is 0 Å². The highest BCUT2D eigenvalue weighted by Gasteiger charge is 2.40. The van der Waals surface area contributed by atoms with Crippen LogP contribution in [0.25, 0.3) is 60.8 Å². The molecule has 2 heteroatoms. The van der Waals surface area contributed by atoms with Gasteiger partial charge in [-0.15, -0.1) is 0 Å². The molecule has 0 spiro atoms. The van der Waals surface area contributed by atoms with E-state index in [2.05, 4.69) is 139 Å². The Labute approximate surface area is 215 Å². The van der Waals surface area contributed by atoms with Crippen LogP contribution in [0, 0.1) is 0 Å². The quantitative estimate of drug-likeness (QED) is 0.258. The van der Waals surface area contributed by atoms with Crippen molar-refractivity contribution in [2.75, 3.05) is 0 Å². The number of hydrogen-bond donors (Lipinski definition) is 1. The van der Waals surface area contributed by atoms with Gasteiger partial charge in [0.05, 0.1) is 11.2 Å². The molecule has 7 aromatic rings. The van der Waals surface area contributed by atoms with Crippen molar-refractivity contribution in [3.63, 3.8) is 0 Å². The molecule has 0 aliphatic heterocycles. The molecule has 1 aliphatic rings. The maximum absolute atomic E-state index is 3.72. The molecule has 0 unspecified atom stereocenters. The molecule has 176 valence electrons. The molecule has 2 aromatic heterocycles. The van der Waals surface area contributed by atoms with E-state index >= 15 is 0 Å². The molecule has 0 radical (unpaired) electrons. The molecule has 0 amide bonds. The topological polar surface area (TPSA) is 20.7 Å². The Morgan fingerprint density at radius 3 is 2.11 bits per heavy atom. The predicted molar refractivity (Wildman–Crippen MR) is 156 cm³/mol. The Bertz CT molecular complexity index is 1990. The maximum Gasteiger partial charge on any atom is 0.0585 e. The molecule has 0 fully saturated rings. The molecule has 37 heavy (non-hydrogen) atoms. The number of aromatic nitrogens is 2. The number of nitrogens with one attached hydrogen (secondary N) is 1. The molecule has 1 aliphatic carbocycles. The zero-order valence-corrected chi connectivity index (χ0v) is 20.9. The van der Waals surface area contributed by atoms with Gasteiger partial charge >= 0.3 is 0 Å². The first-order chi connectivity index (χ1) is 18.1. The van der Waals surface area contributed by atoms with Crippen molar-refractivity contribution in [3.8, 4) is 28.1 Å². The third kappa shape index (κ3) is 2.76. The summed E-state index contributed by atoms with van der Waals surface area (Å²) >= 11 is 0. The van der Waals surface area contributed by atoms with E-state index in [1.54, 1.807) is 0 Å². The predicted octanol–water partition coefficient (Wildman–Crippen LogP) is 9.24. The molecule has 0 saturated heterocycles. The Hall–Kier alpha value is -4.56. The van der Waals surface area contributed by atoms with Crippen molar-refractivity contribution in [2.45, 2.75) is 19.3 Å². The van der Waals surface area contributed by atoms with E-state index in [0.29, 0.717) is 0 Å². The molecular formula is C35H26N2. The molecule has 2 nitrogen and oxygen atoms in total. The van der Waals surface area contributed by atoms with Crippen LogP contribution in [-0.2, 0) is 5.41 Å². The first-order valence-electron chi connectivity index (χ1n) is 13.0. The van der Waals surface area contributed by atoms with Crippen molar-refractivity contribution in [1.29, 1.82) is 0 Å². The van der Waals surface area contributed by atoms with Crippen molar-refractivity contribution >= 4 is 32.7 Å². The molecule has 2 heterocycles. The summed E-state index contributed by atoms with van der Waals surface area (Å²) in [7, 11) is 0. The highest BCUT2D eigenvalue weighted by Crippen LogP contribution is 2.54. The second kappa shape index (κ2) is 7.24. The standard InChI is InChI=1S/C35H26N2/c1-35(2)29-16-10-9-15-25(29)34-33(35)28-20-27-26-19-23(22-11-5-3-6-12-22)17-18-30(26)36-31(27)21-32(28)37(34)24-13-7-4-8-14-24/h3-21,36H,1-2H3. The summed E-state index contributed by atoms with van der Waals surface area (Å²) in [5.74, 6) is 0. The van der Waals surface area contributed by atoms with Crippen molar-refractivity contribution in [3.05, 3.63) is 126 Å². The van der Waals surface area contributed by atoms with Crippen LogP contribution in [0.15, 0.2) is 115 Å². The number of aromatic amines is 1. The zero-order valence-electron chi connectivity index (χ0n) is 20.9. The van der Waals surface area contributed by atoms with Crippen LogP contribution < -0.4 is 0 Å². The third-order valence-electron chi connectivity index (χ3n) is 8.29. The van der Waals surface area contributed by atoms with Gasteiger partial charge in [0.2, 0.25) is 0 Å². The third-order valence-corrected chi connectivity index (χ3v) is 8.29. The second-order valence-corrected chi connectivity index (χ2v) is 10.7. The van der Waals surface area contributed by atoms with Crippen LogP contribution in [0.3, 0.4) is 0 Å². The molecule has 8 rings (SSSR count). The van der Waals surface area contributed by atoms with Gasteiger partial charge in [-0.2, -0.15) is 0 Å². The van der Waals surface area contributed by atoms with Gasteiger partial charge in [0, 0.05) is 43.9 Å². The van der Waals surface area contributed by atoms with Crippen molar-refractivity contribution in [1.82, 2.24) is 9.55 Å². The van der Waals surface area contributed by atoms with Gasteiger partial charge < -0.3 is 9.55 Å². The summed E-state index contributed by atoms with van der Waals surface area (Å²) in [5.41, 5.74) is 12.7. The maximum atomic E-state index is 3.72. The second-order valence-electron chi connectivity index (χ2n) is 10.7. The van der Waals surface area contributed by atoms with Crippen LogP contribution in [0.4, 0.5) is 0 Å². The highest BCUT2D eigenvalue weighted by molar-refractivity contribution is 6.14. The number of nitrogens with zero attached hydrogens (tertiary/aromatic N) is 1. The summed E-state index contributed by atoms with van der Waals surface area (Å²) in [6, 6.07) is 41.9. The summed E-state index contributed by atoms with van der Waals surface area (Å²) < 4.78 is 2.47. The lowest BCUT2D eigenvalue weighted by atomic mass is 9.81. The van der Waals surface area contributed by atoms with E-state index < -0.39 is 0 Å². The van der Waals surface area contributed by atoms with Gasteiger partial charge in [0.25, 0.3) is 0 Å². The average molecular weight is 475 g/mol. The Morgan fingerprint density at radius 2 is 1.30 bits per heavy atom. The van der Waals surface area contributed by atoms with Gasteiger partial charge in [-0.25, -0.2) is 0 Å². The van der Waals surface area contributed by atoms with Crippen LogP contribution in [-0.4, -0.2) is 9.55 Å². The lowest BCUT2D eigenvalue weighted by molar-refractivity contribution is 0.666. The number of hydrogen-bond acceptors (Lipinski definition) is 0. The van der Waals surface area contributed by atoms with E-state index in [4.69, 9.17) is 0 Å². The fourth-order valence-electron chi connectivity index (χ4n) is 6.59. The van der Waals surface area contributed by atoms with E-state index in [-0.39, 0.29) is 5.41 Å². The number of H-pyrrole nitrogens is 1. The minimum atomic E-state index is -0.0841. The molecule has 5 aromatic carbocycles. The Morgan fingerprint density at radius 1 is 0.595 bits per heavy atom. The Kier molecular flexibility index (Phi) is 4.03. The minimum absolute atomic E-state index is 0.0841. The molecule has 0 bridgehead atoms. The summed E-state index contributed by atoms with van der Waals surface area (Å²) in [6.07, 6.45) is 0. The number of benzene rings is 5.